The van der Waals surface area contributed by atoms with Gasteiger partial charge in [0.25, 0.3) is 0 Å². The molecule has 0 fully saturated rings. The number of ketones is 1. The van der Waals surface area contributed by atoms with E-state index in [1.54, 1.807) is 11.3 Å². The van der Waals surface area contributed by atoms with Crippen LogP contribution in [-0.2, 0) is 0 Å². The van der Waals surface area contributed by atoms with E-state index in [-0.39, 0.29) is 0 Å². The third kappa shape index (κ3) is 1.02. The Morgan fingerprint density at radius 3 is 3.18 bits per heavy atom. The molecule has 0 saturated heterocycles. The van der Waals surface area contributed by atoms with Crippen molar-refractivity contribution in [3.8, 4) is 0 Å². The lowest BCUT2D eigenvalue weighted by molar-refractivity contribution is 0.0972. The zero-order valence-electron chi connectivity index (χ0n) is 6.46. The molecule has 0 bridgehead atoms. The van der Waals surface area contributed by atoms with Crippen molar-refractivity contribution < 1.29 is 4.79 Å². The maximum absolute atomic E-state index is 11.3. The molecule has 11 heavy (non-hydrogen) atoms. The first-order valence-electron chi connectivity index (χ1n) is 3.89. The second kappa shape index (κ2) is 2.45. The van der Waals surface area contributed by atoms with Crippen LogP contribution in [0, 0.1) is 0 Å². The molecule has 0 N–H and O–H groups in total. The molecule has 0 radical (unpaired) electrons. The van der Waals surface area contributed by atoms with Gasteiger partial charge in [0.15, 0.2) is 5.78 Å². The summed E-state index contributed by atoms with van der Waals surface area (Å²) in [6.45, 7) is 2.19. The topological polar surface area (TPSA) is 17.1 Å². The molecule has 1 aliphatic rings. The molecule has 0 aromatic carbocycles. The molecule has 2 rings (SSSR count). The Balaban J connectivity index is 2.51. The van der Waals surface area contributed by atoms with Crippen molar-refractivity contribution >= 4 is 17.1 Å². The van der Waals surface area contributed by atoms with E-state index in [9.17, 15) is 4.79 Å². The Kier molecular flexibility index (Phi) is 1.57. The van der Waals surface area contributed by atoms with Gasteiger partial charge < -0.3 is 0 Å². The van der Waals surface area contributed by atoms with Gasteiger partial charge in [0, 0.05) is 6.42 Å². The van der Waals surface area contributed by atoms with E-state index < -0.39 is 0 Å². The number of rotatable bonds is 0. The monoisotopic (exact) mass is 166 g/mol. The van der Waals surface area contributed by atoms with E-state index in [0.717, 1.165) is 17.7 Å². The van der Waals surface area contributed by atoms with Crippen molar-refractivity contribution in [1.82, 2.24) is 0 Å². The Morgan fingerprint density at radius 1 is 1.64 bits per heavy atom. The molecular formula is C9H10OS. The van der Waals surface area contributed by atoms with Gasteiger partial charge >= 0.3 is 0 Å². The van der Waals surface area contributed by atoms with Gasteiger partial charge in [-0.05, 0) is 29.3 Å². The molecule has 1 aliphatic carbocycles. The number of thiophene rings is 1. The standard InChI is InChI=1S/C9H10OS/c1-6-2-3-8(10)9-7(6)4-5-11-9/h4-6H,2-3H2,1H3/t6-/m1/s1. The fourth-order valence-electron chi connectivity index (χ4n) is 1.55. The van der Waals surface area contributed by atoms with Gasteiger partial charge in [-0.2, -0.15) is 0 Å². The first-order chi connectivity index (χ1) is 5.29. The molecule has 58 valence electrons. The number of carbonyl (C=O) groups is 1. The maximum atomic E-state index is 11.3. The third-order valence-corrected chi connectivity index (χ3v) is 3.26. The van der Waals surface area contributed by atoms with Crippen LogP contribution in [0.15, 0.2) is 11.4 Å². The highest BCUT2D eigenvalue weighted by molar-refractivity contribution is 7.12. The van der Waals surface area contributed by atoms with E-state index in [1.807, 2.05) is 5.38 Å². The summed E-state index contributed by atoms with van der Waals surface area (Å²) in [6, 6.07) is 2.09. The molecule has 1 atom stereocenters. The molecule has 1 nitrogen and oxygen atoms in total. The van der Waals surface area contributed by atoms with Crippen LogP contribution in [0.5, 0.6) is 0 Å². The fraction of sp³-hybridized carbons (Fsp3) is 0.444. The summed E-state index contributed by atoms with van der Waals surface area (Å²) in [7, 11) is 0. The highest BCUT2D eigenvalue weighted by atomic mass is 32.1. The van der Waals surface area contributed by atoms with E-state index in [4.69, 9.17) is 0 Å². The normalized spacial score (nSPS) is 23.4. The summed E-state index contributed by atoms with van der Waals surface area (Å²) >= 11 is 1.59. The summed E-state index contributed by atoms with van der Waals surface area (Å²) in [5.74, 6) is 0.932. The van der Waals surface area contributed by atoms with Crippen LogP contribution in [0.25, 0.3) is 0 Å². The summed E-state index contributed by atoms with van der Waals surface area (Å²) in [5, 5.41) is 2.02. The van der Waals surface area contributed by atoms with Crippen LogP contribution in [-0.4, -0.2) is 5.78 Å². The van der Waals surface area contributed by atoms with Crippen LogP contribution in [0.4, 0.5) is 0 Å². The molecule has 1 aromatic heterocycles. The molecule has 0 spiro atoms. The smallest absolute Gasteiger partial charge is 0.173 e. The predicted molar refractivity (Wildman–Crippen MR) is 46.3 cm³/mol. The average Bonchev–Trinajstić information content (AvgIpc) is 2.45. The fourth-order valence-corrected chi connectivity index (χ4v) is 2.54. The Labute approximate surface area is 70.1 Å². The summed E-state index contributed by atoms with van der Waals surface area (Å²) in [6.07, 6.45) is 1.78. The second-order valence-corrected chi connectivity index (χ2v) is 3.98. The van der Waals surface area contributed by atoms with Crippen LogP contribution in [0.1, 0.15) is 40.9 Å². The average molecular weight is 166 g/mol. The van der Waals surface area contributed by atoms with Crippen LogP contribution < -0.4 is 0 Å². The maximum Gasteiger partial charge on any atom is 0.173 e. The van der Waals surface area contributed by atoms with Gasteiger partial charge in [-0.3, -0.25) is 4.79 Å². The van der Waals surface area contributed by atoms with Gasteiger partial charge in [0.1, 0.15) is 0 Å². The molecule has 2 heteroatoms. The van der Waals surface area contributed by atoms with Gasteiger partial charge in [0.05, 0.1) is 4.88 Å². The Morgan fingerprint density at radius 2 is 2.45 bits per heavy atom. The van der Waals surface area contributed by atoms with Crippen LogP contribution >= 0.6 is 11.3 Å². The quantitative estimate of drug-likeness (QED) is 0.579. The second-order valence-electron chi connectivity index (χ2n) is 3.07. The minimum absolute atomic E-state index is 0.341. The van der Waals surface area contributed by atoms with E-state index in [2.05, 4.69) is 13.0 Å². The summed E-state index contributed by atoms with van der Waals surface area (Å²) < 4.78 is 0. The minimum Gasteiger partial charge on any atom is -0.293 e. The lowest BCUT2D eigenvalue weighted by Crippen LogP contribution is -2.10. The predicted octanol–water partition coefficient (Wildman–Crippen LogP) is 2.83. The van der Waals surface area contributed by atoms with Crippen molar-refractivity contribution in [2.45, 2.75) is 25.7 Å². The van der Waals surface area contributed by atoms with E-state index >= 15 is 0 Å². The van der Waals surface area contributed by atoms with Crippen molar-refractivity contribution in [2.24, 2.45) is 0 Å². The lowest BCUT2D eigenvalue weighted by Gasteiger charge is -2.16. The van der Waals surface area contributed by atoms with Crippen LogP contribution in [0.2, 0.25) is 0 Å². The van der Waals surface area contributed by atoms with Crippen molar-refractivity contribution in [3.63, 3.8) is 0 Å². The Bertz CT molecular complexity index is 288. The molecule has 0 amide bonds. The first-order valence-corrected chi connectivity index (χ1v) is 4.77. The van der Waals surface area contributed by atoms with Crippen molar-refractivity contribution in [2.75, 3.05) is 0 Å². The van der Waals surface area contributed by atoms with Crippen LogP contribution in [0.3, 0.4) is 0 Å². The van der Waals surface area contributed by atoms with Gasteiger partial charge in [-0.25, -0.2) is 0 Å². The van der Waals surface area contributed by atoms with Crippen molar-refractivity contribution in [3.05, 3.63) is 21.9 Å². The molecular weight excluding hydrogens is 156 g/mol. The largest absolute Gasteiger partial charge is 0.293 e. The zero-order valence-corrected chi connectivity index (χ0v) is 7.28. The lowest BCUT2D eigenvalue weighted by atomic mass is 9.89. The molecule has 1 aromatic rings. The molecule has 0 aliphatic heterocycles. The molecule has 0 unspecified atom stereocenters. The van der Waals surface area contributed by atoms with E-state index in [0.29, 0.717) is 11.7 Å². The third-order valence-electron chi connectivity index (χ3n) is 2.28. The number of carbonyl (C=O) groups excluding carboxylic acids is 1. The number of hydrogen-bond acceptors (Lipinski definition) is 2. The van der Waals surface area contributed by atoms with Gasteiger partial charge in [0.2, 0.25) is 0 Å². The number of hydrogen-bond donors (Lipinski definition) is 0. The molecule has 0 saturated carbocycles. The Hall–Kier alpha value is -0.630. The first kappa shape index (κ1) is 7.04. The number of Topliss-reactive ketones (excluding diaryl/α,β-unsaturated/α-hetero) is 1. The molecule has 1 heterocycles. The minimum atomic E-state index is 0.341. The zero-order chi connectivity index (χ0) is 7.84. The SMILES string of the molecule is C[C@@H]1CCC(=O)c2sccc21. The van der Waals surface area contributed by atoms with Crippen molar-refractivity contribution in [1.29, 1.82) is 0 Å². The highest BCUT2D eigenvalue weighted by Crippen LogP contribution is 2.34. The van der Waals surface area contributed by atoms with Gasteiger partial charge in [-0.1, -0.05) is 6.92 Å². The summed E-state index contributed by atoms with van der Waals surface area (Å²) in [4.78, 5) is 12.3. The summed E-state index contributed by atoms with van der Waals surface area (Å²) in [5.41, 5.74) is 1.27. The van der Waals surface area contributed by atoms with Gasteiger partial charge in [-0.15, -0.1) is 11.3 Å². The highest BCUT2D eigenvalue weighted by Gasteiger charge is 2.23. The number of fused-ring (bicyclic) bond motifs is 1. The van der Waals surface area contributed by atoms with E-state index in [1.165, 1.54) is 5.56 Å².